The molecule has 0 spiro atoms. The van der Waals surface area contributed by atoms with Crippen LogP contribution in [0, 0.1) is 57.1 Å². The van der Waals surface area contributed by atoms with E-state index in [1.165, 1.54) is 70.6 Å². The molecule has 0 bridgehead atoms. The molecule has 0 aromatic carbocycles. The van der Waals surface area contributed by atoms with Crippen molar-refractivity contribution >= 4 is 5.97 Å². The van der Waals surface area contributed by atoms with Gasteiger partial charge in [-0.25, -0.2) is 0 Å². The first-order valence-electron chi connectivity index (χ1n) is 9.19. The number of carboxylic acids is 1. The second-order valence-corrected chi connectivity index (χ2v) is 5.95. The van der Waals surface area contributed by atoms with Gasteiger partial charge in [-0.2, -0.15) is 0 Å². The molecule has 0 saturated carbocycles. The van der Waals surface area contributed by atoms with Crippen LogP contribution in [0.25, 0.3) is 0 Å². The van der Waals surface area contributed by atoms with Crippen molar-refractivity contribution in [1.29, 1.82) is 0 Å². The molecular formula is C18H38CeN2O5. The standard InChI is InChI=1S/C18H34O2.Ce.NO3.H3N/c1-2-3-4-5-6-7-8-9-10-11-12-13-14-15-16-17-18(19)20;;2-1(3)4;/h9-10H,2-8,11-17H2,1H3,(H,19,20);;;1H3/q;;-1;/p+1/b10-9-;;;. The zero-order chi connectivity index (χ0) is 18.5. The Balaban J connectivity index is -0.000000363. The van der Waals surface area contributed by atoms with Crippen molar-refractivity contribution in [3.05, 3.63) is 27.5 Å². The van der Waals surface area contributed by atoms with Crippen LogP contribution in [0.2, 0.25) is 0 Å². The van der Waals surface area contributed by atoms with E-state index in [9.17, 15) is 4.79 Å². The summed E-state index contributed by atoms with van der Waals surface area (Å²) in [5.41, 5.74) is 0. The van der Waals surface area contributed by atoms with Gasteiger partial charge in [-0.15, -0.1) is 0 Å². The molecule has 0 aliphatic rings. The van der Waals surface area contributed by atoms with Crippen LogP contribution in [0.5, 0.6) is 0 Å². The summed E-state index contributed by atoms with van der Waals surface area (Å²) in [7, 11) is 0. The summed E-state index contributed by atoms with van der Waals surface area (Å²) in [5, 5.41) is 23.3. The number of rotatable bonds is 15. The summed E-state index contributed by atoms with van der Waals surface area (Å²) in [6, 6.07) is 0. The van der Waals surface area contributed by atoms with Gasteiger partial charge in [0.15, 0.2) is 0 Å². The molecule has 0 aromatic heterocycles. The number of hydrogen-bond donors (Lipinski definition) is 2. The summed E-state index contributed by atoms with van der Waals surface area (Å²) in [6.07, 6.45) is 21.2. The summed E-state index contributed by atoms with van der Waals surface area (Å²) in [4.78, 5) is 18.6. The number of aliphatic carboxylic acids is 1. The molecule has 0 amide bonds. The molecule has 26 heavy (non-hydrogen) atoms. The maximum Gasteiger partial charge on any atom is 0.303 e. The minimum atomic E-state index is -1.75. The third-order valence-electron chi connectivity index (χ3n) is 3.65. The van der Waals surface area contributed by atoms with Crippen LogP contribution >= 0.6 is 0 Å². The maximum atomic E-state index is 10.3. The molecule has 0 aliphatic carbocycles. The van der Waals surface area contributed by atoms with E-state index in [0.717, 1.165) is 12.8 Å². The largest absolute Gasteiger partial charge is 0.481 e. The van der Waals surface area contributed by atoms with Crippen LogP contribution < -0.4 is 6.15 Å². The summed E-state index contributed by atoms with van der Waals surface area (Å²) in [6.45, 7) is 2.26. The molecule has 0 radical (unpaired) electrons. The van der Waals surface area contributed by atoms with Crippen LogP contribution in [0.1, 0.15) is 96.8 Å². The molecule has 0 rings (SSSR count). The number of allylic oxidation sites excluding steroid dienone is 2. The van der Waals surface area contributed by atoms with Crippen LogP contribution in [-0.4, -0.2) is 16.2 Å². The number of nitrogens with zero attached hydrogens (tertiary/aromatic N) is 1. The molecule has 0 fully saturated rings. The Bertz CT molecular complexity index is 325. The molecule has 0 saturated heterocycles. The SMILES string of the molecule is CCCCCCCC/C=C\CCCCCCCC(=O)O.O=[N+]([O-])[O-].[Ce].[NH4+]. The van der Waals surface area contributed by atoms with Crippen LogP contribution in [0.4, 0.5) is 0 Å². The second-order valence-electron chi connectivity index (χ2n) is 5.95. The predicted molar refractivity (Wildman–Crippen MR) is 103 cm³/mol. The second kappa shape index (κ2) is 29.5. The molecule has 7 nitrogen and oxygen atoms in total. The molecule has 0 aromatic rings. The van der Waals surface area contributed by atoms with Crippen molar-refractivity contribution in [2.45, 2.75) is 96.8 Å². The molecule has 0 aliphatic heterocycles. The van der Waals surface area contributed by atoms with Gasteiger partial charge in [-0.3, -0.25) is 4.79 Å². The monoisotopic (exact) mass is 502 g/mol. The first kappa shape index (κ1) is 33.3. The molecular weight excluding hydrogens is 464 g/mol. The van der Waals surface area contributed by atoms with E-state index < -0.39 is 11.1 Å². The van der Waals surface area contributed by atoms with Crippen molar-refractivity contribution in [3.8, 4) is 0 Å². The number of carbonyl (C=O) groups is 1. The van der Waals surface area contributed by atoms with E-state index in [2.05, 4.69) is 19.1 Å². The van der Waals surface area contributed by atoms with E-state index in [-0.39, 0.29) is 47.9 Å². The fourth-order valence-electron chi connectivity index (χ4n) is 2.35. The van der Waals surface area contributed by atoms with Gasteiger partial charge in [0.2, 0.25) is 0 Å². The molecule has 0 heterocycles. The van der Waals surface area contributed by atoms with E-state index in [1.54, 1.807) is 0 Å². The molecule has 154 valence electrons. The van der Waals surface area contributed by atoms with Crippen molar-refractivity contribution in [1.82, 2.24) is 6.15 Å². The fraction of sp³-hybridized carbons (Fsp3) is 0.833. The number of unbranched alkanes of at least 4 members (excludes halogenated alkanes) is 11. The average Bonchev–Trinajstić information content (AvgIpc) is 2.50. The minimum Gasteiger partial charge on any atom is -0.481 e. The van der Waals surface area contributed by atoms with Gasteiger partial charge in [-0.1, -0.05) is 70.4 Å². The molecule has 5 N–H and O–H groups in total. The quantitative estimate of drug-likeness (QED) is 0.118. The zero-order valence-corrected chi connectivity index (χ0v) is 19.7. The Labute approximate surface area is 192 Å². The summed E-state index contributed by atoms with van der Waals surface area (Å²) < 4.78 is 0. The Morgan fingerprint density at radius 3 is 1.58 bits per heavy atom. The van der Waals surface area contributed by atoms with Gasteiger partial charge in [0, 0.05) is 48.2 Å². The zero-order valence-electron chi connectivity index (χ0n) is 16.6. The fourth-order valence-corrected chi connectivity index (χ4v) is 2.35. The van der Waals surface area contributed by atoms with Crippen molar-refractivity contribution in [2.24, 2.45) is 0 Å². The van der Waals surface area contributed by atoms with Gasteiger partial charge in [0.05, 0.1) is 5.09 Å². The normalized spacial score (nSPS) is 9.58. The van der Waals surface area contributed by atoms with E-state index >= 15 is 0 Å². The third-order valence-corrected chi connectivity index (χ3v) is 3.65. The molecule has 0 atom stereocenters. The van der Waals surface area contributed by atoms with E-state index in [1.807, 2.05) is 0 Å². The Hall–Kier alpha value is -0.253. The van der Waals surface area contributed by atoms with Crippen LogP contribution in [-0.2, 0) is 4.79 Å². The molecule has 8 heteroatoms. The number of carboxylic acid groups (broad SMARTS) is 1. The van der Waals surface area contributed by atoms with Gasteiger partial charge in [-0.05, 0) is 32.1 Å². The Morgan fingerprint density at radius 1 is 0.846 bits per heavy atom. The van der Waals surface area contributed by atoms with Gasteiger partial charge in [0.25, 0.3) is 0 Å². The van der Waals surface area contributed by atoms with E-state index in [4.69, 9.17) is 20.4 Å². The van der Waals surface area contributed by atoms with Gasteiger partial charge in [0.1, 0.15) is 0 Å². The third kappa shape index (κ3) is 43.8. The Kier molecular flexibility index (Phi) is 37.8. The summed E-state index contributed by atoms with van der Waals surface area (Å²) in [5.74, 6) is -0.664. The first-order chi connectivity index (χ1) is 11.5. The van der Waals surface area contributed by atoms with Crippen molar-refractivity contribution in [2.75, 3.05) is 0 Å². The first-order valence-corrected chi connectivity index (χ1v) is 9.19. The van der Waals surface area contributed by atoms with Crippen molar-refractivity contribution in [3.63, 3.8) is 0 Å². The van der Waals surface area contributed by atoms with Crippen LogP contribution in [0.3, 0.4) is 0 Å². The topological polar surface area (TPSA) is 140 Å². The molecule has 0 unspecified atom stereocenters. The van der Waals surface area contributed by atoms with E-state index in [0.29, 0.717) is 6.42 Å². The summed E-state index contributed by atoms with van der Waals surface area (Å²) >= 11 is 0. The number of quaternary nitrogens is 1. The minimum absolute atomic E-state index is 0. The van der Waals surface area contributed by atoms with Gasteiger partial charge >= 0.3 is 5.97 Å². The average molecular weight is 503 g/mol. The van der Waals surface area contributed by atoms with Crippen molar-refractivity contribution < 1.29 is 56.7 Å². The van der Waals surface area contributed by atoms with Crippen LogP contribution in [0.15, 0.2) is 12.2 Å². The maximum absolute atomic E-state index is 10.3. The predicted octanol–water partition coefficient (Wildman–Crippen LogP) is 6.25. The van der Waals surface area contributed by atoms with Gasteiger partial charge < -0.3 is 26.6 Å². The Morgan fingerprint density at radius 2 is 1.19 bits per heavy atom. The smallest absolute Gasteiger partial charge is 0.303 e. The number of hydrogen-bond acceptors (Lipinski definition) is 4.